The maximum Gasteiger partial charge on any atom is 0.243 e. The molecular formula is C21H27N5O. The van der Waals surface area contributed by atoms with Gasteiger partial charge < -0.3 is 10.2 Å². The number of benzene rings is 1. The van der Waals surface area contributed by atoms with Crippen molar-refractivity contribution in [3.63, 3.8) is 0 Å². The molecule has 27 heavy (non-hydrogen) atoms. The molecule has 1 fully saturated rings. The van der Waals surface area contributed by atoms with E-state index in [0.29, 0.717) is 29.5 Å². The van der Waals surface area contributed by atoms with Gasteiger partial charge >= 0.3 is 0 Å². The fourth-order valence-corrected chi connectivity index (χ4v) is 3.39. The van der Waals surface area contributed by atoms with E-state index >= 15 is 0 Å². The van der Waals surface area contributed by atoms with Crippen LogP contribution in [0.4, 0.5) is 5.82 Å². The van der Waals surface area contributed by atoms with E-state index in [9.17, 15) is 10.1 Å². The second kappa shape index (κ2) is 8.81. The standard InChI is InChI=1S/C21H27N5O/c1-3-4-11-23-21(27)16(14-22)19-20(26-12-9-15(2)10-13-26)25-18-8-6-5-7-17(18)24-19/h5-8,15-16H,3-4,9-13H2,1-2H3,(H,23,27). The summed E-state index contributed by atoms with van der Waals surface area (Å²) in [5.41, 5.74) is 1.97. The molecule has 1 amide bonds. The van der Waals surface area contributed by atoms with Crippen molar-refractivity contribution in [3.05, 3.63) is 30.0 Å². The Kier molecular flexibility index (Phi) is 6.23. The lowest BCUT2D eigenvalue weighted by atomic mass is 9.98. The predicted molar refractivity (Wildman–Crippen MR) is 106 cm³/mol. The highest BCUT2D eigenvalue weighted by atomic mass is 16.1. The number of anilines is 1. The lowest BCUT2D eigenvalue weighted by Crippen LogP contribution is -2.36. The summed E-state index contributed by atoms with van der Waals surface area (Å²) in [5, 5.41) is 12.6. The predicted octanol–water partition coefficient (Wildman–Crippen LogP) is 3.39. The van der Waals surface area contributed by atoms with Gasteiger partial charge in [0, 0.05) is 19.6 Å². The molecule has 1 aliphatic heterocycles. The highest BCUT2D eigenvalue weighted by Gasteiger charge is 2.29. The number of hydrogen-bond donors (Lipinski definition) is 1. The van der Waals surface area contributed by atoms with Crippen LogP contribution in [0.25, 0.3) is 11.0 Å². The highest BCUT2D eigenvalue weighted by Crippen LogP contribution is 2.30. The second-order valence-corrected chi connectivity index (χ2v) is 7.30. The van der Waals surface area contributed by atoms with Crippen LogP contribution < -0.4 is 10.2 Å². The number of nitriles is 1. The number of piperidine rings is 1. The van der Waals surface area contributed by atoms with Crippen molar-refractivity contribution in [2.45, 2.75) is 45.4 Å². The van der Waals surface area contributed by atoms with E-state index in [1.165, 1.54) is 0 Å². The van der Waals surface area contributed by atoms with Crippen LogP contribution in [0.2, 0.25) is 0 Å². The molecule has 2 heterocycles. The van der Waals surface area contributed by atoms with Crippen molar-refractivity contribution in [1.82, 2.24) is 15.3 Å². The molecule has 2 aromatic rings. The summed E-state index contributed by atoms with van der Waals surface area (Å²) in [6.07, 6.45) is 4.04. The van der Waals surface area contributed by atoms with Crippen LogP contribution in [0.15, 0.2) is 24.3 Å². The number of amides is 1. The molecule has 0 aliphatic carbocycles. The molecule has 3 rings (SSSR count). The molecule has 1 aromatic heterocycles. The Morgan fingerprint density at radius 3 is 2.59 bits per heavy atom. The van der Waals surface area contributed by atoms with Gasteiger partial charge in [-0.1, -0.05) is 32.4 Å². The number of carbonyl (C=O) groups excluding carboxylic acids is 1. The van der Waals surface area contributed by atoms with Crippen molar-refractivity contribution in [1.29, 1.82) is 5.26 Å². The van der Waals surface area contributed by atoms with Crippen molar-refractivity contribution >= 4 is 22.8 Å². The second-order valence-electron chi connectivity index (χ2n) is 7.30. The zero-order valence-corrected chi connectivity index (χ0v) is 16.1. The van der Waals surface area contributed by atoms with Gasteiger partial charge in [-0.2, -0.15) is 5.26 Å². The number of carbonyl (C=O) groups is 1. The largest absolute Gasteiger partial charge is 0.355 e. The normalized spacial score (nSPS) is 16.1. The number of aromatic nitrogens is 2. The van der Waals surface area contributed by atoms with Gasteiger partial charge in [0.05, 0.1) is 17.1 Å². The van der Waals surface area contributed by atoms with Crippen LogP contribution in [0.1, 0.15) is 51.1 Å². The minimum atomic E-state index is -0.951. The molecule has 0 radical (unpaired) electrons. The Balaban J connectivity index is 1.99. The number of unbranched alkanes of at least 4 members (excludes halogenated alkanes) is 1. The lowest BCUT2D eigenvalue weighted by Gasteiger charge is -2.32. The Hall–Kier alpha value is -2.68. The average Bonchev–Trinajstić information content (AvgIpc) is 2.69. The van der Waals surface area contributed by atoms with E-state index in [-0.39, 0.29) is 5.91 Å². The first-order valence-electron chi connectivity index (χ1n) is 9.83. The van der Waals surface area contributed by atoms with E-state index in [2.05, 4.69) is 30.1 Å². The smallest absolute Gasteiger partial charge is 0.243 e. The molecule has 1 atom stereocenters. The van der Waals surface area contributed by atoms with Gasteiger partial charge in [0.15, 0.2) is 11.7 Å². The first kappa shape index (κ1) is 19.1. The maximum absolute atomic E-state index is 12.7. The molecule has 0 bridgehead atoms. The molecule has 1 aliphatic rings. The molecule has 1 saturated heterocycles. The van der Waals surface area contributed by atoms with Crippen LogP contribution in [0.5, 0.6) is 0 Å². The topological polar surface area (TPSA) is 81.9 Å². The molecule has 1 aromatic carbocycles. The first-order chi connectivity index (χ1) is 13.1. The minimum absolute atomic E-state index is 0.290. The van der Waals surface area contributed by atoms with Gasteiger partial charge in [0.25, 0.3) is 0 Å². The third-order valence-corrected chi connectivity index (χ3v) is 5.16. The monoisotopic (exact) mass is 365 g/mol. The Morgan fingerprint density at radius 2 is 1.96 bits per heavy atom. The van der Waals surface area contributed by atoms with E-state index in [1.807, 2.05) is 24.3 Å². The molecule has 6 nitrogen and oxygen atoms in total. The zero-order valence-electron chi connectivity index (χ0n) is 16.1. The molecule has 1 N–H and O–H groups in total. The Labute approximate surface area is 160 Å². The molecule has 6 heteroatoms. The first-order valence-corrected chi connectivity index (χ1v) is 9.83. The Morgan fingerprint density at radius 1 is 1.30 bits per heavy atom. The third-order valence-electron chi connectivity index (χ3n) is 5.16. The van der Waals surface area contributed by atoms with Gasteiger partial charge in [-0.15, -0.1) is 0 Å². The van der Waals surface area contributed by atoms with Crippen LogP contribution in [-0.2, 0) is 4.79 Å². The quantitative estimate of drug-likeness (QED) is 0.794. The summed E-state index contributed by atoms with van der Waals surface area (Å²) < 4.78 is 0. The fraction of sp³-hybridized carbons (Fsp3) is 0.524. The number of rotatable bonds is 6. The summed E-state index contributed by atoms with van der Waals surface area (Å²) in [6, 6.07) is 9.77. The fourth-order valence-electron chi connectivity index (χ4n) is 3.39. The lowest BCUT2D eigenvalue weighted by molar-refractivity contribution is -0.121. The van der Waals surface area contributed by atoms with Gasteiger partial charge in [-0.25, -0.2) is 9.97 Å². The molecule has 0 spiro atoms. The highest BCUT2D eigenvalue weighted by molar-refractivity contribution is 5.88. The molecule has 1 unspecified atom stereocenters. The Bertz CT molecular complexity index is 836. The van der Waals surface area contributed by atoms with E-state index < -0.39 is 5.92 Å². The van der Waals surface area contributed by atoms with Gasteiger partial charge in [-0.05, 0) is 37.3 Å². The van der Waals surface area contributed by atoms with Crippen LogP contribution in [0, 0.1) is 17.2 Å². The molecule has 142 valence electrons. The van der Waals surface area contributed by atoms with Gasteiger partial charge in [0.1, 0.15) is 5.69 Å². The summed E-state index contributed by atoms with van der Waals surface area (Å²) >= 11 is 0. The van der Waals surface area contributed by atoms with Gasteiger partial charge in [0.2, 0.25) is 5.91 Å². The van der Waals surface area contributed by atoms with Crippen molar-refractivity contribution in [2.24, 2.45) is 5.92 Å². The van der Waals surface area contributed by atoms with Crippen molar-refractivity contribution < 1.29 is 4.79 Å². The number of hydrogen-bond acceptors (Lipinski definition) is 5. The maximum atomic E-state index is 12.7. The average molecular weight is 365 g/mol. The number of para-hydroxylation sites is 2. The summed E-state index contributed by atoms with van der Waals surface area (Å²) in [5.74, 6) is 0.121. The van der Waals surface area contributed by atoms with Crippen LogP contribution in [0.3, 0.4) is 0 Å². The number of nitrogens with one attached hydrogen (secondary N) is 1. The summed E-state index contributed by atoms with van der Waals surface area (Å²) in [4.78, 5) is 24.3. The SMILES string of the molecule is CCCCNC(=O)C(C#N)c1nc2ccccc2nc1N1CCC(C)CC1. The van der Waals surface area contributed by atoms with Crippen molar-refractivity contribution in [3.8, 4) is 6.07 Å². The van der Waals surface area contributed by atoms with Crippen LogP contribution >= 0.6 is 0 Å². The molecule has 0 saturated carbocycles. The zero-order chi connectivity index (χ0) is 19.2. The van der Waals surface area contributed by atoms with E-state index in [4.69, 9.17) is 9.97 Å². The minimum Gasteiger partial charge on any atom is -0.355 e. The van der Waals surface area contributed by atoms with E-state index in [0.717, 1.165) is 44.3 Å². The van der Waals surface area contributed by atoms with Gasteiger partial charge in [-0.3, -0.25) is 4.79 Å². The third kappa shape index (κ3) is 4.36. The molecular weight excluding hydrogens is 338 g/mol. The summed E-state index contributed by atoms with van der Waals surface area (Å²) in [6.45, 7) is 6.64. The number of nitrogens with zero attached hydrogens (tertiary/aromatic N) is 4. The number of fused-ring (bicyclic) bond motifs is 1. The van der Waals surface area contributed by atoms with E-state index in [1.54, 1.807) is 0 Å². The van der Waals surface area contributed by atoms with Crippen LogP contribution in [-0.4, -0.2) is 35.5 Å². The summed E-state index contributed by atoms with van der Waals surface area (Å²) in [7, 11) is 0. The van der Waals surface area contributed by atoms with Crippen molar-refractivity contribution in [2.75, 3.05) is 24.5 Å².